The van der Waals surface area contributed by atoms with Gasteiger partial charge in [-0.2, -0.15) is 0 Å². The highest BCUT2D eigenvalue weighted by molar-refractivity contribution is 6.06. The monoisotopic (exact) mass is 460 g/mol. The Balaban J connectivity index is 1.80. The summed E-state index contributed by atoms with van der Waals surface area (Å²) in [6.45, 7) is -0.618. The van der Waals surface area contributed by atoms with Crippen molar-refractivity contribution in [2.75, 3.05) is 13.7 Å². The zero-order valence-corrected chi connectivity index (χ0v) is 17.6. The van der Waals surface area contributed by atoms with E-state index in [0.717, 1.165) is 0 Å². The molecule has 0 saturated carbocycles. The Morgan fingerprint density at radius 2 is 1.79 bits per heavy atom. The standard InChI is InChI=1S/C23H24O10/c1-31-13-5-11-4-12(25)7-14(10-2-3-15(26)16(27)6-10)19(11)17(8-13)32-23-22(30)21(29)20(28)18(9-24)33-23/h2-3,5-8,18,20-24,26-30H,4,9H2,1H3/t18-,20-,21+,22-,23?/m1/s1. The summed E-state index contributed by atoms with van der Waals surface area (Å²) in [6.07, 6.45) is -6.03. The second-order valence-corrected chi connectivity index (χ2v) is 7.88. The van der Waals surface area contributed by atoms with Crippen LogP contribution in [0.25, 0.3) is 5.57 Å². The molecule has 10 heteroatoms. The molecular formula is C23H24O10. The zero-order chi connectivity index (χ0) is 23.9. The van der Waals surface area contributed by atoms with Crippen molar-refractivity contribution in [3.05, 3.63) is 53.1 Å². The average molecular weight is 460 g/mol. The molecular weight excluding hydrogens is 436 g/mol. The van der Waals surface area contributed by atoms with E-state index in [1.165, 1.54) is 37.5 Å². The number of aliphatic hydroxyl groups excluding tert-OH is 4. The number of aliphatic hydroxyl groups is 4. The van der Waals surface area contributed by atoms with E-state index in [-0.39, 0.29) is 29.5 Å². The predicted octanol–water partition coefficient (Wildman–Crippen LogP) is -0.158. The second kappa shape index (κ2) is 9.00. The lowest BCUT2D eigenvalue weighted by atomic mass is 9.85. The van der Waals surface area contributed by atoms with Crippen LogP contribution in [0.2, 0.25) is 0 Å². The lowest BCUT2D eigenvalue weighted by molar-refractivity contribution is -0.277. The van der Waals surface area contributed by atoms with Crippen molar-refractivity contribution in [3.8, 4) is 23.0 Å². The van der Waals surface area contributed by atoms with Gasteiger partial charge in [0.05, 0.1) is 13.7 Å². The van der Waals surface area contributed by atoms with Crippen molar-refractivity contribution in [2.45, 2.75) is 37.1 Å². The van der Waals surface area contributed by atoms with Crippen LogP contribution >= 0.6 is 0 Å². The summed E-state index contributed by atoms with van der Waals surface area (Å²) < 4.78 is 16.7. The van der Waals surface area contributed by atoms with Crippen LogP contribution in [0.1, 0.15) is 16.7 Å². The summed E-state index contributed by atoms with van der Waals surface area (Å²) in [7, 11) is 1.43. The minimum Gasteiger partial charge on any atom is -0.504 e. The van der Waals surface area contributed by atoms with Crippen molar-refractivity contribution in [1.82, 2.24) is 0 Å². The maximum Gasteiger partial charge on any atom is 0.229 e. The number of fused-ring (bicyclic) bond motifs is 1. The highest BCUT2D eigenvalue weighted by Gasteiger charge is 2.45. The van der Waals surface area contributed by atoms with Crippen molar-refractivity contribution in [3.63, 3.8) is 0 Å². The maximum atomic E-state index is 12.5. The number of hydrogen-bond acceptors (Lipinski definition) is 10. The molecule has 0 radical (unpaired) electrons. The third-order valence-corrected chi connectivity index (χ3v) is 5.71. The highest BCUT2D eigenvalue weighted by atomic mass is 16.7. The molecule has 0 bridgehead atoms. The van der Waals surface area contributed by atoms with Crippen LogP contribution in [-0.2, 0) is 16.0 Å². The summed E-state index contributed by atoms with van der Waals surface area (Å²) in [6, 6.07) is 7.26. The SMILES string of the molecule is COc1cc2c(c(OC3O[C@H](CO)[C@@H](O)[C@H](O)[C@H]3O)c1)C(c1ccc(O)c(O)c1)=CC(=O)C2. The summed E-state index contributed by atoms with van der Waals surface area (Å²) in [4.78, 5) is 12.5. The molecule has 0 spiro atoms. The van der Waals surface area contributed by atoms with E-state index in [1.807, 2.05) is 0 Å². The highest BCUT2D eigenvalue weighted by Crippen LogP contribution is 2.42. The van der Waals surface area contributed by atoms with Gasteiger partial charge in [-0.05, 0) is 41.0 Å². The quantitative estimate of drug-likeness (QED) is 0.330. The summed E-state index contributed by atoms with van der Waals surface area (Å²) in [5.74, 6) is -0.417. The third kappa shape index (κ3) is 4.26. The van der Waals surface area contributed by atoms with Gasteiger partial charge in [-0.1, -0.05) is 6.07 Å². The van der Waals surface area contributed by atoms with Gasteiger partial charge in [0.2, 0.25) is 6.29 Å². The average Bonchev–Trinajstić information content (AvgIpc) is 2.80. The van der Waals surface area contributed by atoms with Crippen LogP contribution in [-0.4, -0.2) is 80.8 Å². The smallest absolute Gasteiger partial charge is 0.229 e. The number of aromatic hydroxyl groups is 2. The Kier molecular flexibility index (Phi) is 6.28. The van der Waals surface area contributed by atoms with Crippen LogP contribution < -0.4 is 9.47 Å². The van der Waals surface area contributed by atoms with Crippen molar-refractivity contribution >= 4 is 11.4 Å². The molecule has 1 aliphatic carbocycles. The van der Waals surface area contributed by atoms with Gasteiger partial charge in [-0.15, -0.1) is 0 Å². The minimum absolute atomic E-state index is 0.0329. The molecule has 1 heterocycles. The summed E-state index contributed by atoms with van der Waals surface area (Å²) in [5, 5.41) is 59.6. The van der Waals surface area contributed by atoms with E-state index in [9.17, 15) is 35.4 Å². The van der Waals surface area contributed by atoms with E-state index in [1.54, 1.807) is 6.07 Å². The van der Waals surface area contributed by atoms with Gasteiger partial charge in [-0.25, -0.2) is 0 Å². The zero-order valence-electron chi connectivity index (χ0n) is 17.6. The van der Waals surface area contributed by atoms with Crippen LogP contribution in [0.15, 0.2) is 36.4 Å². The molecule has 176 valence electrons. The molecule has 0 amide bonds. The number of phenolic OH excluding ortho intramolecular Hbond substituents is 2. The fraction of sp³-hybridized carbons (Fsp3) is 0.348. The van der Waals surface area contributed by atoms with E-state index in [0.29, 0.717) is 28.0 Å². The number of allylic oxidation sites excluding steroid dienone is 1. The van der Waals surface area contributed by atoms with Gasteiger partial charge in [0, 0.05) is 18.1 Å². The summed E-state index contributed by atoms with van der Waals surface area (Å²) in [5.41, 5.74) is 1.81. The van der Waals surface area contributed by atoms with Crippen LogP contribution in [0.4, 0.5) is 0 Å². The van der Waals surface area contributed by atoms with Gasteiger partial charge in [0.1, 0.15) is 35.9 Å². The van der Waals surface area contributed by atoms with E-state index >= 15 is 0 Å². The molecule has 1 saturated heterocycles. The first-order chi connectivity index (χ1) is 15.7. The Labute approximate surface area is 188 Å². The number of ether oxygens (including phenoxy) is 3. The number of methoxy groups -OCH3 is 1. The van der Waals surface area contributed by atoms with Crippen molar-refractivity contribution in [1.29, 1.82) is 0 Å². The number of rotatable bonds is 5. The third-order valence-electron chi connectivity index (χ3n) is 5.71. The lowest BCUT2D eigenvalue weighted by Crippen LogP contribution is -2.60. The van der Waals surface area contributed by atoms with Gasteiger partial charge in [-0.3, -0.25) is 4.79 Å². The number of phenols is 2. The van der Waals surface area contributed by atoms with Crippen LogP contribution in [0.3, 0.4) is 0 Å². The molecule has 6 N–H and O–H groups in total. The van der Waals surface area contributed by atoms with E-state index < -0.39 is 37.3 Å². The fourth-order valence-electron chi connectivity index (χ4n) is 3.98. The normalized spacial score (nSPS) is 27.0. The van der Waals surface area contributed by atoms with E-state index in [4.69, 9.17) is 14.2 Å². The molecule has 10 nitrogen and oxygen atoms in total. The number of carbonyl (C=O) groups is 1. The second-order valence-electron chi connectivity index (χ2n) is 7.88. The fourth-order valence-corrected chi connectivity index (χ4v) is 3.98. The Morgan fingerprint density at radius 1 is 1.03 bits per heavy atom. The molecule has 0 aromatic heterocycles. The predicted molar refractivity (Wildman–Crippen MR) is 113 cm³/mol. The van der Waals surface area contributed by atoms with E-state index in [2.05, 4.69) is 0 Å². The number of hydrogen-bond donors (Lipinski definition) is 6. The van der Waals surface area contributed by atoms with Crippen LogP contribution in [0, 0.1) is 0 Å². The number of carbonyl (C=O) groups excluding carboxylic acids is 1. The van der Waals surface area contributed by atoms with Gasteiger partial charge >= 0.3 is 0 Å². The first-order valence-corrected chi connectivity index (χ1v) is 10.2. The first-order valence-electron chi connectivity index (χ1n) is 10.2. The molecule has 4 rings (SSSR count). The Bertz CT molecular complexity index is 1090. The van der Waals surface area contributed by atoms with Gasteiger partial charge in [0.25, 0.3) is 0 Å². The molecule has 5 atom stereocenters. The Morgan fingerprint density at radius 3 is 2.45 bits per heavy atom. The maximum absolute atomic E-state index is 12.5. The molecule has 1 unspecified atom stereocenters. The number of benzene rings is 2. The van der Waals surface area contributed by atoms with Gasteiger partial charge < -0.3 is 44.8 Å². The topological polar surface area (TPSA) is 166 Å². The first kappa shape index (κ1) is 23.0. The summed E-state index contributed by atoms with van der Waals surface area (Å²) >= 11 is 0. The lowest BCUT2D eigenvalue weighted by Gasteiger charge is -2.40. The molecule has 2 aromatic carbocycles. The van der Waals surface area contributed by atoms with Crippen molar-refractivity contribution < 1.29 is 49.6 Å². The number of ketones is 1. The molecule has 1 aliphatic heterocycles. The van der Waals surface area contributed by atoms with Crippen LogP contribution in [0.5, 0.6) is 23.0 Å². The van der Waals surface area contributed by atoms with Crippen molar-refractivity contribution in [2.24, 2.45) is 0 Å². The Hall–Kier alpha value is -3.15. The largest absolute Gasteiger partial charge is 0.504 e. The molecule has 1 fully saturated rings. The molecule has 2 aromatic rings. The molecule has 2 aliphatic rings. The van der Waals surface area contributed by atoms with Gasteiger partial charge in [0.15, 0.2) is 17.3 Å². The molecule has 33 heavy (non-hydrogen) atoms. The minimum atomic E-state index is -1.64.